The van der Waals surface area contributed by atoms with Crippen molar-refractivity contribution < 1.29 is 37.3 Å². The largest absolute Gasteiger partial charge is 0.496 e. The SMILES string of the molecule is COc1cc(C(F)(F)F)ccc1CN[C@H]1[C@H](C(C)(C)C)[C@@H](C(=O)O)N(C(=O)OC(C)C)[C@H]1c1cccnc1N1CCC1. The topological polar surface area (TPSA) is 104 Å². The molecule has 0 spiro atoms. The molecule has 2 fully saturated rings. The third-order valence-electron chi connectivity index (χ3n) is 7.90. The molecule has 1 amide bonds. The Labute approximate surface area is 244 Å². The van der Waals surface area contributed by atoms with E-state index in [-0.39, 0.29) is 12.3 Å². The number of aromatic nitrogens is 1. The summed E-state index contributed by atoms with van der Waals surface area (Å²) in [5, 5.41) is 14.0. The lowest BCUT2D eigenvalue weighted by Gasteiger charge is -2.38. The number of ether oxygens (including phenoxy) is 2. The van der Waals surface area contributed by atoms with Crippen molar-refractivity contribution in [2.75, 3.05) is 25.1 Å². The molecule has 0 bridgehead atoms. The number of nitrogens with one attached hydrogen (secondary N) is 1. The number of carbonyl (C=O) groups is 2. The van der Waals surface area contributed by atoms with Crippen LogP contribution >= 0.6 is 0 Å². The van der Waals surface area contributed by atoms with Crippen LogP contribution in [0.4, 0.5) is 23.8 Å². The molecule has 3 heterocycles. The van der Waals surface area contributed by atoms with Crippen molar-refractivity contribution in [1.29, 1.82) is 0 Å². The monoisotopic (exact) mass is 592 g/mol. The number of nitrogens with zero attached hydrogens (tertiary/aromatic N) is 3. The van der Waals surface area contributed by atoms with E-state index in [9.17, 15) is 27.9 Å². The van der Waals surface area contributed by atoms with Gasteiger partial charge >= 0.3 is 18.2 Å². The van der Waals surface area contributed by atoms with Crippen molar-refractivity contribution in [2.24, 2.45) is 11.3 Å². The molecule has 1 aromatic heterocycles. The first-order valence-corrected chi connectivity index (χ1v) is 14.0. The van der Waals surface area contributed by atoms with E-state index in [1.807, 2.05) is 26.8 Å². The molecule has 2 N–H and O–H groups in total. The number of anilines is 1. The van der Waals surface area contributed by atoms with E-state index in [1.54, 1.807) is 26.1 Å². The van der Waals surface area contributed by atoms with Crippen molar-refractivity contribution >= 4 is 17.9 Å². The quantitative estimate of drug-likeness (QED) is 0.415. The third-order valence-corrected chi connectivity index (χ3v) is 7.90. The molecule has 9 nitrogen and oxygen atoms in total. The second-order valence-corrected chi connectivity index (χ2v) is 12.1. The number of carboxylic acids is 1. The van der Waals surface area contributed by atoms with Crippen LogP contribution in [0.2, 0.25) is 0 Å². The van der Waals surface area contributed by atoms with Gasteiger partial charge in [0.15, 0.2) is 0 Å². The van der Waals surface area contributed by atoms with Crippen LogP contribution in [0, 0.1) is 11.3 Å². The number of carboxylic acid groups (broad SMARTS) is 1. The summed E-state index contributed by atoms with van der Waals surface area (Å²) in [6.45, 7) is 10.7. The van der Waals surface area contributed by atoms with Gasteiger partial charge in [0.1, 0.15) is 17.6 Å². The molecule has 4 atom stereocenters. The Morgan fingerprint density at radius 1 is 1.17 bits per heavy atom. The van der Waals surface area contributed by atoms with Crippen molar-refractivity contribution in [3.63, 3.8) is 0 Å². The summed E-state index contributed by atoms with van der Waals surface area (Å²) in [5.41, 5.74) is -0.318. The maximum absolute atomic E-state index is 13.7. The number of aliphatic carboxylic acids is 1. The predicted octanol–water partition coefficient (Wildman–Crippen LogP) is 5.49. The lowest BCUT2D eigenvalue weighted by atomic mass is 9.72. The molecule has 0 aliphatic carbocycles. The number of methoxy groups -OCH3 is 1. The minimum absolute atomic E-state index is 0.0488. The van der Waals surface area contributed by atoms with E-state index >= 15 is 0 Å². The number of amides is 1. The molecule has 2 saturated heterocycles. The normalized spacial score (nSPS) is 22.7. The number of hydrogen-bond acceptors (Lipinski definition) is 7. The minimum atomic E-state index is -4.54. The zero-order valence-corrected chi connectivity index (χ0v) is 24.7. The lowest BCUT2D eigenvalue weighted by molar-refractivity contribution is -0.145. The Morgan fingerprint density at radius 2 is 1.86 bits per heavy atom. The van der Waals surface area contributed by atoms with Gasteiger partial charge < -0.3 is 24.8 Å². The first-order chi connectivity index (χ1) is 19.6. The standard InChI is InChI=1S/C30H39F3N4O5/c1-17(2)42-28(40)37-24(20-9-7-12-34-26(20)36-13-8-14-36)23(22(29(3,4)5)25(37)27(38)39)35-16-18-10-11-19(30(31,32)33)15-21(18)41-6/h7,9-12,15,17,22-25,35H,8,13-14,16H2,1-6H3,(H,38,39)/t22-,23-,24-,25-/m0/s1. The van der Waals surface area contributed by atoms with Crippen LogP contribution in [0.15, 0.2) is 36.5 Å². The highest BCUT2D eigenvalue weighted by atomic mass is 19.4. The summed E-state index contributed by atoms with van der Waals surface area (Å²) >= 11 is 0. The highest BCUT2D eigenvalue weighted by Gasteiger charge is 2.59. The van der Waals surface area contributed by atoms with Gasteiger partial charge in [-0.1, -0.05) is 32.9 Å². The van der Waals surface area contributed by atoms with E-state index in [2.05, 4.69) is 15.2 Å². The van der Waals surface area contributed by atoms with Gasteiger partial charge in [0.2, 0.25) is 0 Å². The zero-order chi connectivity index (χ0) is 31.0. The molecule has 0 saturated carbocycles. The van der Waals surface area contributed by atoms with Crippen molar-refractivity contribution in [3.05, 3.63) is 53.2 Å². The van der Waals surface area contributed by atoms with Crippen molar-refractivity contribution in [2.45, 2.75) is 78.0 Å². The maximum Gasteiger partial charge on any atom is 0.416 e. The number of benzene rings is 1. The van der Waals surface area contributed by atoms with Crippen LogP contribution in [0.25, 0.3) is 0 Å². The lowest BCUT2D eigenvalue weighted by Crippen LogP contribution is -2.48. The van der Waals surface area contributed by atoms with Gasteiger partial charge in [-0.05, 0) is 43.9 Å². The Morgan fingerprint density at radius 3 is 2.38 bits per heavy atom. The van der Waals surface area contributed by atoms with Crippen LogP contribution in [0.5, 0.6) is 5.75 Å². The predicted molar refractivity (Wildman–Crippen MR) is 150 cm³/mol. The number of pyridine rings is 1. The molecule has 4 rings (SSSR count). The Bertz CT molecular complexity index is 1290. The fourth-order valence-corrected chi connectivity index (χ4v) is 6.00. The van der Waals surface area contributed by atoms with Gasteiger partial charge in [0.25, 0.3) is 0 Å². The van der Waals surface area contributed by atoms with E-state index in [4.69, 9.17) is 9.47 Å². The fraction of sp³-hybridized carbons (Fsp3) is 0.567. The first-order valence-electron chi connectivity index (χ1n) is 14.0. The summed E-state index contributed by atoms with van der Waals surface area (Å²) in [7, 11) is 1.30. The van der Waals surface area contributed by atoms with Gasteiger partial charge in [-0.25, -0.2) is 14.6 Å². The number of rotatable bonds is 8. The summed E-state index contributed by atoms with van der Waals surface area (Å²) in [6, 6.07) is 4.19. The Kier molecular flexibility index (Phi) is 8.96. The van der Waals surface area contributed by atoms with Gasteiger partial charge in [0, 0.05) is 48.9 Å². The van der Waals surface area contributed by atoms with E-state index in [0.717, 1.165) is 31.6 Å². The number of carbonyl (C=O) groups excluding carboxylic acids is 1. The number of halogens is 3. The third kappa shape index (κ3) is 6.28. The van der Waals surface area contributed by atoms with Crippen molar-refractivity contribution in [3.8, 4) is 5.75 Å². The molecule has 2 aliphatic heterocycles. The average molecular weight is 593 g/mol. The summed E-state index contributed by atoms with van der Waals surface area (Å²) in [4.78, 5) is 34.6. The number of likely N-dealkylation sites (tertiary alicyclic amines) is 1. The first kappa shape index (κ1) is 31.4. The van der Waals surface area contributed by atoms with Crippen LogP contribution in [-0.2, 0) is 22.3 Å². The fourth-order valence-electron chi connectivity index (χ4n) is 6.00. The summed E-state index contributed by atoms with van der Waals surface area (Å²) in [6.07, 6.45) is -3.14. The average Bonchev–Trinajstić information content (AvgIpc) is 3.22. The van der Waals surface area contributed by atoms with E-state index < -0.39 is 59.4 Å². The van der Waals surface area contributed by atoms with Crippen LogP contribution in [-0.4, -0.2) is 65.4 Å². The molecule has 230 valence electrons. The molecule has 0 unspecified atom stereocenters. The molecule has 0 radical (unpaired) electrons. The van der Waals surface area contributed by atoms with Gasteiger partial charge in [-0.15, -0.1) is 0 Å². The molecule has 12 heteroatoms. The van der Waals surface area contributed by atoms with Gasteiger partial charge in [-0.2, -0.15) is 13.2 Å². The number of alkyl halides is 3. The van der Waals surface area contributed by atoms with Crippen LogP contribution in [0.3, 0.4) is 0 Å². The summed E-state index contributed by atoms with van der Waals surface area (Å²) in [5.74, 6) is -1.09. The number of hydrogen-bond donors (Lipinski definition) is 2. The molecular weight excluding hydrogens is 553 g/mol. The smallest absolute Gasteiger partial charge is 0.416 e. The highest BCUT2D eigenvalue weighted by molar-refractivity contribution is 5.82. The van der Waals surface area contributed by atoms with Gasteiger partial charge in [0.05, 0.1) is 24.8 Å². The zero-order valence-electron chi connectivity index (χ0n) is 24.7. The van der Waals surface area contributed by atoms with Crippen molar-refractivity contribution in [1.82, 2.24) is 15.2 Å². The van der Waals surface area contributed by atoms with Gasteiger partial charge in [-0.3, -0.25) is 4.90 Å². The summed E-state index contributed by atoms with van der Waals surface area (Å²) < 4.78 is 51.0. The van der Waals surface area contributed by atoms with E-state index in [1.165, 1.54) is 18.1 Å². The highest BCUT2D eigenvalue weighted by Crippen LogP contribution is 2.50. The molecule has 1 aromatic carbocycles. The maximum atomic E-state index is 13.7. The second-order valence-electron chi connectivity index (χ2n) is 12.1. The molecule has 2 aromatic rings. The van der Waals surface area contributed by atoms with E-state index in [0.29, 0.717) is 16.9 Å². The van der Waals surface area contributed by atoms with Crippen LogP contribution in [0.1, 0.15) is 63.8 Å². The minimum Gasteiger partial charge on any atom is -0.496 e. The molecule has 42 heavy (non-hydrogen) atoms. The molecular formula is C30H39F3N4O5. The Balaban J connectivity index is 1.85. The van der Waals surface area contributed by atoms with Crippen LogP contribution < -0.4 is 15.0 Å². The second kappa shape index (κ2) is 12.0. The molecule has 2 aliphatic rings. The Hall–Kier alpha value is -3.54.